The summed E-state index contributed by atoms with van der Waals surface area (Å²) in [7, 11) is 0. The van der Waals surface area contributed by atoms with E-state index in [1.54, 1.807) is 6.08 Å². The van der Waals surface area contributed by atoms with Gasteiger partial charge in [0.25, 0.3) is 0 Å². The van der Waals surface area contributed by atoms with Crippen LogP contribution >= 0.6 is 11.6 Å². The summed E-state index contributed by atoms with van der Waals surface area (Å²) in [6.07, 6.45) is 6.05. The molecule has 2 saturated heterocycles. The molecule has 5 heteroatoms. The van der Waals surface area contributed by atoms with Gasteiger partial charge in [0.2, 0.25) is 5.91 Å². The minimum Gasteiger partial charge on any atom is -0.370 e. The van der Waals surface area contributed by atoms with E-state index in [1.807, 2.05) is 47.4 Å². The molecule has 2 heterocycles. The third kappa shape index (κ3) is 4.33. The van der Waals surface area contributed by atoms with E-state index in [1.165, 1.54) is 24.2 Å². The first-order valence-electron chi connectivity index (χ1n) is 10.0. The fourth-order valence-electron chi connectivity index (χ4n) is 3.98. The van der Waals surface area contributed by atoms with Crippen LogP contribution in [-0.2, 0) is 4.79 Å². The van der Waals surface area contributed by atoms with Gasteiger partial charge >= 0.3 is 0 Å². The Morgan fingerprint density at radius 2 is 1.50 bits per heavy atom. The lowest BCUT2D eigenvalue weighted by atomic mass is 10.2. The molecule has 2 aliphatic heterocycles. The van der Waals surface area contributed by atoms with Crippen LogP contribution in [0.3, 0.4) is 0 Å². The third-order valence-corrected chi connectivity index (χ3v) is 5.77. The second kappa shape index (κ2) is 8.70. The van der Waals surface area contributed by atoms with Crippen molar-refractivity contribution in [1.82, 2.24) is 4.90 Å². The second-order valence-electron chi connectivity index (χ2n) is 7.38. The lowest BCUT2D eigenvalue weighted by molar-refractivity contribution is -0.126. The van der Waals surface area contributed by atoms with Crippen molar-refractivity contribution >= 4 is 35.0 Å². The molecule has 4 nitrogen and oxygen atoms in total. The molecule has 0 unspecified atom stereocenters. The van der Waals surface area contributed by atoms with Crippen molar-refractivity contribution in [2.24, 2.45) is 0 Å². The largest absolute Gasteiger partial charge is 0.370 e. The topological polar surface area (TPSA) is 26.8 Å². The maximum absolute atomic E-state index is 12.5. The molecule has 4 rings (SSSR count). The van der Waals surface area contributed by atoms with Crippen LogP contribution in [0, 0.1) is 0 Å². The fraction of sp³-hybridized carbons (Fsp3) is 0.348. The highest BCUT2D eigenvalue weighted by atomic mass is 35.5. The molecule has 0 aromatic heterocycles. The molecule has 2 fully saturated rings. The van der Waals surface area contributed by atoms with Gasteiger partial charge in [0.05, 0.1) is 11.4 Å². The first kappa shape index (κ1) is 18.9. The number of halogens is 1. The van der Waals surface area contributed by atoms with Gasteiger partial charge in [-0.05, 0) is 42.7 Å². The summed E-state index contributed by atoms with van der Waals surface area (Å²) in [4.78, 5) is 19.3. The average Bonchev–Trinajstić information content (AvgIpc) is 3.28. The number of carbonyl (C=O) groups excluding carboxylic acids is 1. The van der Waals surface area contributed by atoms with E-state index in [-0.39, 0.29) is 5.91 Å². The zero-order valence-electron chi connectivity index (χ0n) is 16.1. The van der Waals surface area contributed by atoms with Gasteiger partial charge in [0.15, 0.2) is 0 Å². The summed E-state index contributed by atoms with van der Waals surface area (Å²) < 4.78 is 0. The number of hydrogen-bond acceptors (Lipinski definition) is 3. The molecule has 28 heavy (non-hydrogen) atoms. The van der Waals surface area contributed by atoms with Gasteiger partial charge in [-0.25, -0.2) is 0 Å². The predicted octanol–water partition coefficient (Wildman–Crippen LogP) is 4.30. The minimum absolute atomic E-state index is 0.0828. The first-order chi connectivity index (χ1) is 13.7. The molecule has 0 radical (unpaired) electrons. The van der Waals surface area contributed by atoms with Crippen LogP contribution in [0.4, 0.5) is 11.4 Å². The van der Waals surface area contributed by atoms with Gasteiger partial charge in [-0.1, -0.05) is 41.9 Å². The summed E-state index contributed by atoms with van der Waals surface area (Å²) in [5, 5.41) is 0.783. The zero-order valence-corrected chi connectivity index (χ0v) is 16.8. The molecule has 0 atom stereocenters. The quantitative estimate of drug-likeness (QED) is 0.722. The van der Waals surface area contributed by atoms with Crippen LogP contribution in [0.5, 0.6) is 0 Å². The molecule has 0 aliphatic carbocycles. The Balaban J connectivity index is 1.40. The smallest absolute Gasteiger partial charge is 0.246 e. The van der Waals surface area contributed by atoms with E-state index < -0.39 is 0 Å². The van der Waals surface area contributed by atoms with E-state index in [0.717, 1.165) is 49.9 Å². The standard InChI is InChI=1S/C23H26ClN3O/c24-20-9-10-21(22(18-20)25-12-4-5-13-25)26-14-16-27(17-15-26)23(28)11-8-19-6-2-1-3-7-19/h1-3,6-11,18H,4-5,12-17H2. The molecular weight excluding hydrogens is 370 g/mol. The monoisotopic (exact) mass is 395 g/mol. The second-order valence-corrected chi connectivity index (χ2v) is 7.82. The molecule has 0 saturated carbocycles. The number of benzene rings is 2. The minimum atomic E-state index is 0.0828. The van der Waals surface area contributed by atoms with Gasteiger partial charge in [0, 0.05) is 50.4 Å². The molecule has 0 bridgehead atoms. The Kier molecular flexibility index (Phi) is 5.87. The Morgan fingerprint density at radius 3 is 2.21 bits per heavy atom. The van der Waals surface area contributed by atoms with Gasteiger partial charge in [-0.3, -0.25) is 4.79 Å². The van der Waals surface area contributed by atoms with Crippen molar-refractivity contribution in [2.45, 2.75) is 12.8 Å². The number of hydrogen-bond donors (Lipinski definition) is 0. The molecule has 146 valence electrons. The van der Waals surface area contributed by atoms with Gasteiger partial charge in [-0.15, -0.1) is 0 Å². The lowest BCUT2D eigenvalue weighted by Gasteiger charge is -2.37. The SMILES string of the molecule is O=C(C=Cc1ccccc1)N1CCN(c2ccc(Cl)cc2N2CCCC2)CC1. The first-order valence-corrected chi connectivity index (χ1v) is 10.4. The fourth-order valence-corrected chi connectivity index (χ4v) is 4.15. The Hall–Kier alpha value is -2.46. The van der Waals surface area contributed by atoms with Crippen molar-refractivity contribution in [3.8, 4) is 0 Å². The van der Waals surface area contributed by atoms with Crippen molar-refractivity contribution in [3.63, 3.8) is 0 Å². The Labute approximate surface area is 172 Å². The van der Waals surface area contributed by atoms with Crippen molar-refractivity contribution in [3.05, 3.63) is 65.2 Å². The Morgan fingerprint density at radius 1 is 0.821 bits per heavy atom. The number of amides is 1. The van der Waals surface area contributed by atoms with Crippen LogP contribution in [0.15, 0.2) is 54.6 Å². The van der Waals surface area contributed by atoms with Crippen molar-refractivity contribution in [1.29, 1.82) is 0 Å². The van der Waals surface area contributed by atoms with E-state index in [4.69, 9.17) is 11.6 Å². The highest BCUT2D eigenvalue weighted by Gasteiger charge is 2.24. The van der Waals surface area contributed by atoms with Crippen LogP contribution in [0.25, 0.3) is 6.08 Å². The number of anilines is 2. The Bertz CT molecular complexity index is 838. The van der Waals surface area contributed by atoms with Crippen LogP contribution in [0.2, 0.25) is 5.02 Å². The summed E-state index contributed by atoms with van der Waals surface area (Å²) in [5.74, 6) is 0.0828. The normalized spacial score (nSPS) is 17.5. The van der Waals surface area contributed by atoms with E-state index in [0.29, 0.717) is 0 Å². The summed E-state index contributed by atoms with van der Waals surface area (Å²) >= 11 is 6.28. The van der Waals surface area contributed by atoms with Gasteiger partial charge in [-0.2, -0.15) is 0 Å². The highest BCUT2D eigenvalue weighted by Crippen LogP contribution is 2.34. The molecule has 2 aromatic carbocycles. The lowest BCUT2D eigenvalue weighted by Crippen LogP contribution is -2.48. The summed E-state index contributed by atoms with van der Waals surface area (Å²) in [6, 6.07) is 16.1. The van der Waals surface area contributed by atoms with E-state index in [2.05, 4.69) is 21.9 Å². The maximum atomic E-state index is 12.5. The number of nitrogens with zero attached hydrogens (tertiary/aromatic N) is 3. The van der Waals surface area contributed by atoms with Crippen LogP contribution in [-0.4, -0.2) is 50.1 Å². The molecule has 0 N–H and O–H groups in total. The number of rotatable bonds is 4. The highest BCUT2D eigenvalue weighted by molar-refractivity contribution is 6.31. The molecule has 2 aliphatic rings. The van der Waals surface area contributed by atoms with Crippen molar-refractivity contribution in [2.75, 3.05) is 49.1 Å². The number of carbonyl (C=O) groups is 1. The molecule has 0 spiro atoms. The third-order valence-electron chi connectivity index (χ3n) is 5.53. The predicted molar refractivity (Wildman–Crippen MR) is 117 cm³/mol. The van der Waals surface area contributed by atoms with E-state index in [9.17, 15) is 4.79 Å². The zero-order chi connectivity index (χ0) is 19.3. The van der Waals surface area contributed by atoms with Gasteiger partial charge < -0.3 is 14.7 Å². The molecule has 1 amide bonds. The van der Waals surface area contributed by atoms with Crippen LogP contribution in [0.1, 0.15) is 18.4 Å². The summed E-state index contributed by atoms with van der Waals surface area (Å²) in [5.41, 5.74) is 3.51. The maximum Gasteiger partial charge on any atom is 0.246 e. The molecular formula is C23H26ClN3O. The summed E-state index contributed by atoms with van der Waals surface area (Å²) in [6.45, 7) is 5.34. The van der Waals surface area contributed by atoms with Crippen molar-refractivity contribution < 1.29 is 4.79 Å². The van der Waals surface area contributed by atoms with E-state index >= 15 is 0 Å². The molecule has 2 aromatic rings. The number of piperazine rings is 1. The van der Waals surface area contributed by atoms with Crippen LogP contribution < -0.4 is 9.80 Å². The average molecular weight is 396 g/mol. The van der Waals surface area contributed by atoms with Gasteiger partial charge in [0.1, 0.15) is 0 Å².